The summed E-state index contributed by atoms with van der Waals surface area (Å²) in [5, 5.41) is 7.95. The molecule has 10 heavy (non-hydrogen) atoms. The molecule has 2 nitrogen and oxygen atoms in total. The van der Waals surface area contributed by atoms with Gasteiger partial charge < -0.3 is 5.41 Å². The van der Waals surface area contributed by atoms with E-state index in [1.54, 1.807) is 11.8 Å². The van der Waals surface area contributed by atoms with E-state index >= 15 is 0 Å². The second-order valence-corrected chi connectivity index (χ2v) is 3.21. The SMILES string of the molecule is N=C(CF)CC1=NCCS1. The number of aliphatic imine (C=N–C) groups is 1. The van der Waals surface area contributed by atoms with E-state index in [0.29, 0.717) is 6.42 Å². The molecule has 0 unspecified atom stereocenters. The molecule has 0 fully saturated rings. The Morgan fingerprint density at radius 2 is 2.60 bits per heavy atom. The molecule has 0 atom stereocenters. The summed E-state index contributed by atoms with van der Waals surface area (Å²) in [6, 6.07) is 0. The lowest BCUT2D eigenvalue weighted by atomic mass is 10.3. The molecule has 0 radical (unpaired) electrons. The molecule has 0 aromatic rings. The van der Waals surface area contributed by atoms with Crippen molar-refractivity contribution in [3.8, 4) is 0 Å². The van der Waals surface area contributed by atoms with E-state index in [0.717, 1.165) is 17.3 Å². The minimum atomic E-state index is -0.639. The fourth-order valence-electron chi connectivity index (χ4n) is 0.716. The van der Waals surface area contributed by atoms with Gasteiger partial charge in [0.15, 0.2) is 0 Å². The molecule has 0 aromatic heterocycles. The zero-order chi connectivity index (χ0) is 7.40. The van der Waals surface area contributed by atoms with Gasteiger partial charge in [-0.05, 0) is 0 Å². The maximum Gasteiger partial charge on any atom is 0.127 e. The number of thioether (sulfide) groups is 1. The normalized spacial score (nSPS) is 17.1. The third-order valence-electron chi connectivity index (χ3n) is 1.17. The summed E-state index contributed by atoms with van der Waals surface area (Å²) in [5.74, 6) is 0.995. The highest BCUT2D eigenvalue weighted by Crippen LogP contribution is 2.14. The summed E-state index contributed by atoms with van der Waals surface area (Å²) in [6.07, 6.45) is 0.418. The van der Waals surface area contributed by atoms with Crippen LogP contribution in [0.15, 0.2) is 4.99 Å². The topological polar surface area (TPSA) is 36.2 Å². The van der Waals surface area contributed by atoms with Crippen LogP contribution in [0.4, 0.5) is 4.39 Å². The molecule has 1 rings (SSSR count). The molecule has 1 N–H and O–H groups in total. The van der Waals surface area contributed by atoms with Gasteiger partial charge in [0.05, 0.1) is 5.04 Å². The van der Waals surface area contributed by atoms with E-state index in [1.807, 2.05) is 0 Å². The Hall–Kier alpha value is -0.380. The Kier molecular flexibility index (Phi) is 2.86. The molecule has 0 bridgehead atoms. The zero-order valence-corrected chi connectivity index (χ0v) is 6.38. The van der Waals surface area contributed by atoms with Gasteiger partial charge in [0.1, 0.15) is 6.67 Å². The lowest BCUT2D eigenvalue weighted by Crippen LogP contribution is -2.03. The van der Waals surface area contributed by atoms with Gasteiger partial charge in [-0.2, -0.15) is 0 Å². The van der Waals surface area contributed by atoms with Crippen molar-refractivity contribution >= 4 is 22.5 Å². The van der Waals surface area contributed by atoms with Crippen molar-refractivity contribution in [1.82, 2.24) is 0 Å². The van der Waals surface area contributed by atoms with Gasteiger partial charge in [-0.3, -0.25) is 4.99 Å². The molecule has 0 aromatic carbocycles. The quantitative estimate of drug-likeness (QED) is 0.624. The van der Waals surface area contributed by atoms with Gasteiger partial charge in [-0.15, -0.1) is 11.8 Å². The van der Waals surface area contributed by atoms with Gasteiger partial charge in [0.25, 0.3) is 0 Å². The van der Waals surface area contributed by atoms with Gasteiger partial charge in [-0.25, -0.2) is 4.39 Å². The maximum absolute atomic E-state index is 11.8. The number of alkyl halides is 1. The predicted molar refractivity (Wildman–Crippen MR) is 43.1 cm³/mol. The van der Waals surface area contributed by atoms with Gasteiger partial charge >= 0.3 is 0 Å². The van der Waals surface area contributed by atoms with E-state index in [1.165, 1.54) is 0 Å². The van der Waals surface area contributed by atoms with E-state index < -0.39 is 6.67 Å². The van der Waals surface area contributed by atoms with Crippen molar-refractivity contribution in [2.75, 3.05) is 19.0 Å². The minimum absolute atomic E-state index is 0.133. The first-order chi connectivity index (χ1) is 4.83. The summed E-state index contributed by atoms with van der Waals surface area (Å²) < 4.78 is 11.8. The number of rotatable bonds is 3. The summed E-state index contributed by atoms with van der Waals surface area (Å²) in [4.78, 5) is 4.10. The van der Waals surface area contributed by atoms with Gasteiger partial charge in [-0.1, -0.05) is 0 Å². The molecule has 0 saturated carbocycles. The highest BCUT2D eigenvalue weighted by Gasteiger charge is 2.08. The summed E-state index contributed by atoms with van der Waals surface area (Å²) in [5.41, 5.74) is 0.133. The van der Waals surface area contributed by atoms with Crippen molar-refractivity contribution < 1.29 is 4.39 Å². The molecule has 4 heteroatoms. The minimum Gasteiger partial charge on any atom is -0.307 e. The Morgan fingerprint density at radius 1 is 1.80 bits per heavy atom. The third kappa shape index (κ3) is 2.10. The standard InChI is InChI=1S/C6H9FN2S/c7-4-5(8)3-6-9-1-2-10-6/h8H,1-4H2. The van der Waals surface area contributed by atoms with E-state index in [2.05, 4.69) is 4.99 Å². The van der Waals surface area contributed by atoms with E-state index in [-0.39, 0.29) is 5.71 Å². The number of hydrogen-bond donors (Lipinski definition) is 1. The lowest BCUT2D eigenvalue weighted by molar-refractivity contribution is 0.577. The van der Waals surface area contributed by atoms with Crippen molar-refractivity contribution in [1.29, 1.82) is 5.41 Å². The van der Waals surface area contributed by atoms with Crippen LogP contribution in [0.5, 0.6) is 0 Å². The fourth-order valence-corrected chi connectivity index (χ4v) is 1.59. The summed E-state index contributed by atoms with van der Waals surface area (Å²) in [6.45, 7) is 0.194. The van der Waals surface area contributed by atoms with E-state index in [4.69, 9.17) is 5.41 Å². The first-order valence-corrected chi connectivity index (χ1v) is 4.10. The lowest BCUT2D eigenvalue weighted by Gasteiger charge is -1.95. The van der Waals surface area contributed by atoms with Crippen LogP contribution in [0.2, 0.25) is 0 Å². The number of nitrogens with zero attached hydrogens (tertiary/aromatic N) is 1. The Balaban J connectivity index is 2.30. The molecule has 0 amide bonds. The average Bonchev–Trinajstić information content (AvgIpc) is 2.40. The van der Waals surface area contributed by atoms with Crippen LogP contribution in [0, 0.1) is 5.41 Å². The van der Waals surface area contributed by atoms with Crippen molar-refractivity contribution in [3.63, 3.8) is 0 Å². The molecule has 56 valence electrons. The van der Waals surface area contributed by atoms with Crippen LogP contribution in [0.25, 0.3) is 0 Å². The van der Waals surface area contributed by atoms with Crippen LogP contribution in [0.3, 0.4) is 0 Å². The smallest absolute Gasteiger partial charge is 0.127 e. The third-order valence-corrected chi connectivity index (χ3v) is 2.17. The molecule has 0 spiro atoms. The van der Waals surface area contributed by atoms with Crippen LogP contribution in [-0.4, -0.2) is 29.7 Å². The number of nitrogens with one attached hydrogen (secondary N) is 1. The van der Waals surface area contributed by atoms with Gasteiger partial charge in [0.2, 0.25) is 0 Å². The van der Waals surface area contributed by atoms with Crippen molar-refractivity contribution in [3.05, 3.63) is 0 Å². The van der Waals surface area contributed by atoms with Crippen molar-refractivity contribution in [2.24, 2.45) is 4.99 Å². The Labute approximate surface area is 63.4 Å². The Bertz CT molecular complexity index is 167. The second-order valence-electron chi connectivity index (χ2n) is 2.04. The second kappa shape index (κ2) is 3.71. The summed E-state index contributed by atoms with van der Waals surface area (Å²) in [7, 11) is 0. The van der Waals surface area contributed by atoms with Crippen molar-refractivity contribution in [2.45, 2.75) is 6.42 Å². The molecule has 0 aliphatic carbocycles. The molecule has 1 aliphatic heterocycles. The molecule has 0 saturated heterocycles. The molecular weight excluding hydrogens is 151 g/mol. The van der Waals surface area contributed by atoms with Gasteiger partial charge in [0, 0.05) is 24.4 Å². The first kappa shape index (κ1) is 7.72. The van der Waals surface area contributed by atoms with Crippen LogP contribution in [-0.2, 0) is 0 Å². The molecule has 1 heterocycles. The monoisotopic (exact) mass is 160 g/mol. The molecule has 1 aliphatic rings. The maximum atomic E-state index is 11.8. The van der Waals surface area contributed by atoms with E-state index in [9.17, 15) is 4.39 Å². The zero-order valence-electron chi connectivity index (χ0n) is 5.56. The fraction of sp³-hybridized carbons (Fsp3) is 0.667. The average molecular weight is 160 g/mol. The highest BCUT2D eigenvalue weighted by molar-refractivity contribution is 8.14. The van der Waals surface area contributed by atoms with Crippen LogP contribution in [0.1, 0.15) is 6.42 Å². The van der Waals surface area contributed by atoms with Crippen LogP contribution < -0.4 is 0 Å². The number of halogens is 1. The first-order valence-electron chi connectivity index (χ1n) is 3.11. The number of hydrogen-bond acceptors (Lipinski definition) is 3. The largest absolute Gasteiger partial charge is 0.307 e. The predicted octanol–water partition coefficient (Wildman–Crippen LogP) is 1.51. The highest BCUT2D eigenvalue weighted by atomic mass is 32.2. The summed E-state index contributed by atoms with van der Waals surface area (Å²) >= 11 is 1.63. The van der Waals surface area contributed by atoms with Crippen LogP contribution >= 0.6 is 11.8 Å². The Morgan fingerprint density at radius 3 is 3.10 bits per heavy atom. The molecular formula is C6H9FN2S.